The molecule has 8 heavy (non-hydrogen) atoms. The van der Waals surface area contributed by atoms with E-state index >= 15 is 0 Å². The first-order chi connectivity index (χ1) is 3.80. The van der Waals surface area contributed by atoms with Crippen molar-refractivity contribution >= 4 is 0 Å². The van der Waals surface area contributed by atoms with Gasteiger partial charge in [0, 0.05) is 12.4 Å². The Kier molecular flexibility index (Phi) is 1.32. The van der Waals surface area contributed by atoms with Gasteiger partial charge in [0.1, 0.15) is 0 Å². The van der Waals surface area contributed by atoms with Crippen LogP contribution in [0.5, 0.6) is 0 Å². The third-order valence-corrected chi connectivity index (χ3v) is 0.908. The number of hydrogen-bond acceptors (Lipinski definition) is 2. The van der Waals surface area contributed by atoms with Crippen LogP contribution < -0.4 is 5.32 Å². The maximum absolute atomic E-state index is 11.6. The molecule has 0 bridgehead atoms. The predicted molar refractivity (Wildman–Crippen MR) is 25.0 cm³/mol. The summed E-state index contributed by atoms with van der Waals surface area (Å²) >= 11 is 0. The van der Waals surface area contributed by atoms with E-state index in [0.717, 1.165) is 4.90 Å². The monoisotopic (exact) mass is 120 g/mol. The van der Waals surface area contributed by atoms with E-state index < -0.39 is 6.55 Å². The minimum atomic E-state index is -2.37. The van der Waals surface area contributed by atoms with Crippen LogP contribution >= 0.6 is 0 Å². The maximum Gasteiger partial charge on any atom is 0.316 e. The zero-order chi connectivity index (χ0) is 5.98. The standard InChI is InChI=1S/C4H6F2N2/c5-4(6)8-2-1-7-3-8/h1-2,4,7H,3H2. The van der Waals surface area contributed by atoms with Crippen LogP contribution in [0, 0.1) is 0 Å². The van der Waals surface area contributed by atoms with Crippen molar-refractivity contribution in [3.63, 3.8) is 0 Å². The molecule has 0 aliphatic carbocycles. The van der Waals surface area contributed by atoms with E-state index in [4.69, 9.17) is 0 Å². The first-order valence-corrected chi connectivity index (χ1v) is 2.24. The lowest BCUT2D eigenvalue weighted by Crippen LogP contribution is -2.25. The van der Waals surface area contributed by atoms with E-state index in [0.29, 0.717) is 0 Å². The van der Waals surface area contributed by atoms with Crippen LogP contribution in [0.25, 0.3) is 0 Å². The number of nitrogens with one attached hydrogen (secondary N) is 1. The highest BCUT2D eigenvalue weighted by Gasteiger charge is 2.12. The van der Waals surface area contributed by atoms with Gasteiger partial charge >= 0.3 is 6.55 Å². The average Bonchev–Trinajstić information content (AvgIpc) is 2.12. The van der Waals surface area contributed by atoms with Crippen LogP contribution in [0.3, 0.4) is 0 Å². The van der Waals surface area contributed by atoms with Crippen molar-refractivity contribution in [3.05, 3.63) is 12.4 Å². The van der Waals surface area contributed by atoms with Gasteiger partial charge in [0.15, 0.2) is 0 Å². The Labute approximate surface area is 45.8 Å². The van der Waals surface area contributed by atoms with Crippen molar-refractivity contribution in [1.29, 1.82) is 0 Å². The smallest absolute Gasteiger partial charge is 0.316 e. The Morgan fingerprint density at radius 2 is 2.38 bits per heavy atom. The second kappa shape index (κ2) is 1.98. The van der Waals surface area contributed by atoms with Gasteiger partial charge in [0.25, 0.3) is 0 Å². The van der Waals surface area contributed by atoms with Crippen LogP contribution in [0.1, 0.15) is 0 Å². The van der Waals surface area contributed by atoms with Crippen molar-refractivity contribution in [2.75, 3.05) is 6.67 Å². The number of hydrogen-bond donors (Lipinski definition) is 1. The average molecular weight is 120 g/mol. The van der Waals surface area contributed by atoms with Crippen molar-refractivity contribution in [2.24, 2.45) is 0 Å². The SMILES string of the molecule is FC(F)N1C=CNC1. The quantitative estimate of drug-likeness (QED) is 0.508. The largest absolute Gasteiger partial charge is 0.372 e. The lowest BCUT2D eigenvalue weighted by molar-refractivity contribution is 0.00978. The second-order valence-corrected chi connectivity index (χ2v) is 1.47. The van der Waals surface area contributed by atoms with Crippen LogP contribution in [0.4, 0.5) is 8.78 Å². The molecule has 0 saturated carbocycles. The molecule has 1 rings (SSSR count). The van der Waals surface area contributed by atoms with E-state index in [1.807, 2.05) is 0 Å². The van der Waals surface area contributed by atoms with Crippen molar-refractivity contribution in [1.82, 2.24) is 10.2 Å². The predicted octanol–water partition coefficient (Wildman–Crippen LogP) is 0.543. The lowest BCUT2D eigenvalue weighted by atomic mass is 10.8. The van der Waals surface area contributed by atoms with E-state index in [1.165, 1.54) is 12.4 Å². The molecule has 1 heterocycles. The van der Waals surface area contributed by atoms with Crippen molar-refractivity contribution in [2.45, 2.75) is 6.55 Å². The van der Waals surface area contributed by atoms with E-state index in [1.54, 1.807) is 0 Å². The highest BCUT2D eigenvalue weighted by atomic mass is 19.3. The van der Waals surface area contributed by atoms with Gasteiger partial charge < -0.3 is 10.2 Å². The maximum atomic E-state index is 11.6. The zero-order valence-corrected chi connectivity index (χ0v) is 4.14. The minimum absolute atomic E-state index is 0.220. The summed E-state index contributed by atoms with van der Waals surface area (Å²) in [6, 6.07) is 0. The molecule has 2 nitrogen and oxygen atoms in total. The minimum Gasteiger partial charge on any atom is -0.372 e. The molecule has 4 heteroatoms. The molecule has 0 unspecified atom stereocenters. The molecule has 0 spiro atoms. The summed E-state index contributed by atoms with van der Waals surface area (Å²) < 4.78 is 23.1. The summed E-state index contributed by atoms with van der Waals surface area (Å²) in [6.07, 6.45) is 2.82. The van der Waals surface area contributed by atoms with Gasteiger partial charge in [-0.2, -0.15) is 8.78 Å². The van der Waals surface area contributed by atoms with Crippen LogP contribution in [-0.4, -0.2) is 18.1 Å². The third kappa shape index (κ3) is 0.882. The van der Waals surface area contributed by atoms with Crippen LogP contribution in [-0.2, 0) is 0 Å². The molecule has 0 fully saturated rings. The first-order valence-electron chi connectivity index (χ1n) is 2.24. The molecule has 1 N–H and O–H groups in total. The van der Waals surface area contributed by atoms with E-state index in [9.17, 15) is 8.78 Å². The Morgan fingerprint density at radius 3 is 2.62 bits per heavy atom. The fourth-order valence-corrected chi connectivity index (χ4v) is 0.493. The molecule has 1 aliphatic heterocycles. The molecule has 0 aromatic rings. The molecule has 0 aromatic carbocycles. The molecular formula is C4H6F2N2. The van der Waals surface area contributed by atoms with Crippen LogP contribution in [0.15, 0.2) is 12.4 Å². The number of alkyl halides is 2. The molecule has 1 aliphatic rings. The van der Waals surface area contributed by atoms with Gasteiger partial charge in [-0.3, -0.25) is 0 Å². The number of halogens is 2. The lowest BCUT2D eigenvalue weighted by Gasteiger charge is -2.11. The Bertz CT molecular complexity index is 102. The number of nitrogens with zero attached hydrogens (tertiary/aromatic N) is 1. The summed E-state index contributed by atoms with van der Waals surface area (Å²) in [5.74, 6) is 0. The van der Waals surface area contributed by atoms with Crippen molar-refractivity contribution in [3.8, 4) is 0 Å². The molecule has 0 atom stereocenters. The van der Waals surface area contributed by atoms with E-state index in [-0.39, 0.29) is 6.67 Å². The van der Waals surface area contributed by atoms with Gasteiger partial charge in [-0.1, -0.05) is 0 Å². The van der Waals surface area contributed by atoms with Gasteiger partial charge in [-0.25, -0.2) is 0 Å². The second-order valence-electron chi connectivity index (χ2n) is 1.47. The Balaban J connectivity index is 2.36. The van der Waals surface area contributed by atoms with Gasteiger partial charge in [-0.15, -0.1) is 0 Å². The summed E-state index contributed by atoms with van der Waals surface area (Å²) in [6.45, 7) is -2.15. The van der Waals surface area contributed by atoms with Gasteiger partial charge in [0.05, 0.1) is 6.67 Å². The normalized spacial score (nSPS) is 17.6. The zero-order valence-electron chi connectivity index (χ0n) is 4.14. The summed E-state index contributed by atoms with van der Waals surface area (Å²) in [4.78, 5) is 0.903. The third-order valence-electron chi connectivity index (χ3n) is 0.908. The van der Waals surface area contributed by atoms with Crippen molar-refractivity contribution < 1.29 is 8.78 Å². The molecule has 0 saturated heterocycles. The summed E-state index contributed by atoms with van der Waals surface area (Å²) in [5, 5.41) is 2.62. The molecule has 46 valence electrons. The summed E-state index contributed by atoms with van der Waals surface area (Å²) in [7, 11) is 0. The number of rotatable bonds is 1. The topological polar surface area (TPSA) is 15.3 Å². The van der Waals surface area contributed by atoms with E-state index in [2.05, 4.69) is 5.32 Å². The summed E-state index contributed by atoms with van der Waals surface area (Å²) in [5.41, 5.74) is 0. The molecular weight excluding hydrogens is 114 g/mol. The van der Waals surface area contributed by atoms with Gasteiger partial charge in [0.2, 0.25) is 0 Å². The fraction of sp³-hybridized carbons (Fsp3) is 0.500. The fourth-order valence-electron chi connectivity index (χ4n) is 0.493. The Morgan fingerprint density at radius 1 is 1.62 bits per heavy atom. The molecule has 0 radical (unpaired) electrons. The molecule has 0 amide bonds. The highest BCUT2D eigenvalue weighted by Crippen LogP contribution is 2.04. The van der Waals surface area contributed by atoms with Crippen LogP contribution in [0.2, 0.25) is 0 Å². The highest BCUT2D eigenvalue weighted by molar-refractivity contribution is 4.86. The molecule has 0 aromatic heterocycles. The first kappa shape index (κ1) is 5.34. The Hall–Kier alpha value is -0.800. The van der Waals surface area contributed by atoms with Gasteiger partial charge in [-0.05, 0) is 0 Å².